The minimum Gasteiger partial charge on any atom is -0.476 e. The average molecular weight is 305 g/mol. The number of carbonyl (C=O) groups is 2. The summed E-state index contributed by atoms with van der Waals surface area (Å²) in [6.45, 7) is 3.95. The van der Waals surface area contributed by atoms with Crippen molar-refractivity contribution >= 4 is 23.2 Å². The molecule has 0 radical (unpaired) electrons. The number of rotatable bonds is 5. The van der Waals surface area contributed by atoms with E-state index in [4.69, 9.17) is 5.11 Å². The van der Waals surface area contributed by atoms with Crippen LogP contribution in [0.15, 0.2) is 24.5 Å². The molecule has 0 spiro atoms. The molecular formula is C14H15N3O3S. The van der Waals surface area contributed by atoms with Gasteiger partial charge in [0.05, 0.1) is 12.4 Å². The molecule has 0 aliphatic rings. The number of amides is 1. The Hall–Kier alpha value is -2.28. The maximum Gasteiger partial charge on any atom is 0.356 e. The van der Waals surface area contributed by atoms with Gasteiger partial charge in [-0.3, -0.25) is 4.79 Å². The maximum absolute atomic E-state index is 12.0. The molecule has 0 bridgehead atoms. The van der Waals surface area contributed by atoms with Gasteiger partial charge in [-0.15, -0.1) is 11.3 Å². The number of carboxylic acids is 1. The molecule has 7 heteroatoms. The molecule has 1 amide bonds. The molecule has 0 aliphatic heterocycles. The zero-order valence-corrected chi connectivity index (χ0v) is 12.5. The lowest BCUT2D eigenvalue weighted by Crippen LogP contribution is -2.34. The molecule has 2 aromatic heterocycles. The van der Waals surface area contributed by atoms with Crippen LogP contribution >= 0.6 is 11.3 Å². The van der Waals surface area contributed by atoms with Gasteiger partial charge in [-0.1, -0.05) is 0 Å². The Balaban J connectivity index is 1.95. The van der Waals surface area contributed by atoms with Crippen molar-refractivity contribution in [1.29, 1.82) is 0 Å². The summed E-state index contributed by atoms with van der Waals surface area (Å²) < 4.78 is 0. The van der Waals surface area contributed by atoms with Gasteiger partial charge in [-0.25, -0.2) is 14.8 Å². The number of nitrogens with zero attached hydrogens (tertiary/aromatic N) is 2. The Bertz CT molecular complexity index is 652. The van der Waals surface area contributed by atoms with E-state index >= 15 is 0 Å². The molecule has 0 saturated heterocycles. The number of aryl methyl sites for hydroxylation is 1. The Morgan fingerprint density at radius 1 is 1.29 bits per heavy atom. The zero-order valence-electron chi connectivity index (χ0n) is 11.7. The average Bonchev–Trinajstić information content (AvgIpc) is 2.83. The summed E-state index contributed by atoms with van der Waals surface area (Å²) in [7, 11) is 0. The Labute approximate surface area is 125 Å². The second-order valence-corrected chi connectivity index (χ2v) is 6.06. The van der Waals surface area contributed by atoms with E-state index < -0.39 is 5.97 Å². The minimum absolute atomic E-state index is 0.0449. The summed E-state index contributed by atoms with van der Waals surface area (Å²) in [4.78, 5) is 32.6. The van der Waals surface area contributed by atoms with Crippen LogP contribution in [0.5, 0.6) is 0 Å². The second kappa shape index (κ2) is 6.45. The van der Waals surface area contributed by atoms with Crippen LogP contribution in [0.3, 0.4) is 0 Å². The van der Waals surface area contributed by atoms with E-state index in [1.54, 1.807) is 11.3 Å². The van der Waals surface area contributed by atoms with Crippen LogP contribution in [0.2, 0.25) is 0 Å². The molecular weight excluding hydrogens is 290 g/mol. The van der Waals surface area contributed by atoms with Crippen molar-refractivity contribution in [2.75, 3.05) is 0 Å². The van der Waals surface area contributed by atoms with E-state index in [1.165, 1.54) is 16.0 Å². The van der Waals surface area contributed by atoms with Crippen LogP contribution in [0.1, 0.15) is 37.7 Å². The van der Waals surface area contributed by atoms with Gasteiger partial charge in [0, 0.05) is 22.2 Å². The SMILES string of the molecule is Cc1ccc(CC(C)NC(=O)c2cnc(C(=O)O)cn2)s1. The standard InChI is InChI=1S/C14H15N3O3S/c1-8(5-10-4-3-9(2)21-10)17-13(18)11-6-16-12(7-15-11)14(19)20/h3-4,6-8H,5H2,1-2H3,(H,17,18)(H,19,20). The van der Waals surface area contributed by atoms with Crippen LogP contribution in [-0.2, 0) is 6.42 Å². The van der Waals surface area contributed by atoms with Crippen LogP contribution in [-0.4, -0.2) is 33.0 Å². The quantitative estimate of drug-likeness (QED) is 0.880. The minimum atomic E-state index is -1.17. The van der Waals surface area contributed by atoms with E-state index in [2.05, 4.69) is 15.3 Å². The van der Waals surface area contributed by atoms with Crippen molar-refractivity contribution in [2.45, 2.75) is 26.3 Å². The predicted molar refractivity (Wildman–Crippen MR) is 78.7 cm³/mol. The Morgan fingerprint density at radius 3 is 2.48 bits per heavy atom. The van der Waals surface area contributed by atoms with Crippen LogP contribution in [0, 0.1) is 6.92 Å². The Morgan fingerprint density at radius 2 is 1.95 bits per heavy atom. The summed E-state index contributed by atoms with van der Waals surface area (Å²) in [5, 5.41) is 11.5. The van der Waals surface area contributed by atoms with E-state index in [0.29, 0.717) is 0 Å². The summed E-state index contributed by atoms with van der Waals surface area (Å²) in [5.41, 5.74) is -0.0807. The van der Waals surface area contributed by atoms with E-state index in [9.17, 15) is 9.59 Å². The first kappa shape index (κ1) is 15.1. The predicted octanol–water partition coefficient (Wildman–Crippen LogP) is 1.91. The number of carboxylic acid groups (broad SMARTS) is 1. The Kier molecular flexibility index (Phi) is 4.64. The molecule has 110 valence electrons. The fraction of sp³-hybridized carbons (Fsp3) is 0.286. The summed E-state index contributed by atoms with van der Waals surface area (Å²) in [6, 6.07) is 4.05. The number of nitrogens with one attached hydrogen (secondary N) is 1. The van der Waals surface area contributed by atoms with Crippen molar-refractivity contribution in [3.63, 3.8) is 0 Å². The van der Waals surface area contributed by atoms with Gasteiger partial charge >= 0.3 is 5.97 Å². The highest BCUT2D eigenvalue weighted by Crippen LogP contribution is 2.16. The molecule has 1 unspecified atom stereocenters. The molecule has 21 heavy (non-hydrogen) atoms. The molecule has 0 fully saturated rings. The van der Waals surface area contributed by atoms with E-state index in [0.717, 1.165) is 12.6 Å². The van der Waals surface area contributed by atoms with Crippen molar-refractivity contribution < 1.29 is 14.7 Å². The molecule has 6 nitrogen and oxygen atoms in total. The molecule has 0 aliphatic carbocycles. The first-order valence-electron chi connectivity index (χ1n) is 6.37. The smallest absolute Gasteiger partial charge is 0.356 e. The third kappa shape index (κ3) is 4.09. The van der Waals surface area contributed by atoms with Gasteiger partial charge in [0.15, 0.2) is 5.69 Å². The lowest BCUT2D eigenvalue weighted by Gasteiger charge is -2.12. The van der Waals surface area contributed by atoms with Crippen molar-refractivity contribution in [2.24, 2.45) is 0 Å². The lowest BCUT2D eigenvalue weighted by molar-refractivity contribution is 0.0689. The highest BCUT2D eigenvalue weighted by Gasteiger charge is 2.14. The number of aromatic nitrogens is 2. The summed E-state index contributed by atoms with van der Waals surface area (Å²) >= 11 is 1.70. The van der Waals surface area contributed by atoms with Gasteiger partial charge in [-0.05, 0) is 26.0 Å². The van der Waals surface area contributed by atoms with E-state index in [-0.39, 0.29) is 23.3 Å². The second-order valence-electron chi connectivity index (χ2n) is 4.68. The highest BCUT2D eigenvalue weighted by molar-refractivity contribution is 7.11. The normalized spacial score (nSPS) is 11.9. The molecule has 2 N–H and O–H groups in total. The number of thiophene rings is 1. The van der Waals surface area contributed by atoms with Crippen molar-refractivity contribution in [1.82, 2.24) is 15.3 Å². The fourth-order valence-electron chi connectivity index (χ4n) is 1.80. The maximum atomic E-state index is 12.0. The molecule has 0 saturated carbocycles. The largest absolute Gasteiger partial charge is 0.476 e. The van der Waals surface area contributed by atoms with Crippen LogP contribution < -0.4 is 5.32 Å². The fourth-order valence-corrected chi connectivity index (χ4v) is 2.82. The number of hydrogen-bond donors (Lipinski definition) is 2. The molecule has 1 atom stereocenters. The van der Waals surface area contributed by atoms with Crippen molar-refractivity contribution in [3.05, 3.63) is 45.7 Å². The number of hydrogen-bond acceptors (Lipinski definition) is 5. The van der Waals surface area contributed by atoms with Gasteiger partial charge in [0.25, 0.3) is 5.91 Å². The molecule has 2 heterocycles. The van der Waals surface area contributed by atoms with Gasteiger partial charge in [-0.2, -0.15) is 0 Å². The summed E-state index contributed by atoms with van der Waals surface area (Å²) in [6.07, 6.45) is 2.98. The monoisotopic (exact) mass is 305 g/mol. The zero-order chi connectivity index (χ0) is 15.4. The molecule has 2 rings (SSSR count). The topological polar surface area (TPSA) is 92.2 Å². The number of aromatic carboxylic acids is 1. The third-order valence-electron chi connectivity index (χ3n) is 2.78. The van der Waals surface area contributed by atoms with Gasteiger partial charge < -0.3 is 10.4 Å². The number of carbonyl (C=O) groups excluding carboxylic acids is 1. The van der Waals surface area contributed by atoms with Crippen LogP contribution in [0.25, 0.3) is 0 Å². The first-order chi connectivity index (χ1) is 9.95. The lowest BCUT2D eigenvalue weighted by atomic mass is 10.2. The van der Waals surface area contributed by atoms with Gasteiger partial charge in [0.2, 0.25) is 0 Å². The first-order valence-corrected chi connectivity index (χ1v) is 7.19. The van der Waals surface area contributed by atoms with Crippen molar-refractivity contribution in [3.8, 4) is 0 Å². The van der Waals surface area contributed by atoms with Crippen LogP contribution in [0.4, 0.5) is 0 Å². The highest BCUT2D eigenvalue weighted by atomic mass is 32.1. The van der Waals surface area contributed by atoms with Gasteiger partial charge in [0.1, 0.15) is 5.69 Å². The summed E-state index contributed by atoms with van der Waals surface area (Å²) in [5.74, 6) is -1.53. The third-order valence-corrected chi connectivity index (χ3v) is 3.81. The molecule has 0 aromatic carbocycles. The molecule has 2 aromatic rings. The van der Waals surface area contributed by atoms with E-state index in [1.807, 2.05) is 26.0 Å².